The standard InChI is InChI=1S/C31H27ClN4O4/c1-20-10-12-21(13-11-20)19-36-27(30(38)34-18-22-5-4-14-33-17-22)28(40-31(36)39)23-6-3-9-26(16-23)35-29(37)24-7-2-8-25(32)15-24/h2-17,27-28H,18-19H2,1H3,(H,34,38)(H,35,37)/t27-,28-/m0/s1. The molecule has 0 spiro atoms. The van der Waals surface area contributed by atoms with Gasteiger partial charge in [-0.15, -0.1) is 0 Å². The van der Waals surface area contributed by atoms with Gasteiger partial charge in [-0.1, -0.05) is 65.7 Å². The van der Waals surface area contributed by atoms with E-state index < -0.39 is 18.2 Å². The maximum absolute atomic E-state index is 13.6. The van der Waals surface area contributed by atoms with Crippen molar-refractivity contribution in [3.63, 3.8) is 0 Å². The summed E-state index contributed by atoms with van der Waals surface area (Å²) in [5.74, 6) is -0.699. The van der Waals surface area contributed by atoms with Crippen LogP contribution < -0.4 is 10.6 Å². The van der Waals surface area contributed by atoms with Crippen LogP contribution in [0, 0.1) is 6.92 Å². The first-order chi connectivity index (χ1) is 19.4. The van der Waals surface area contributed by atoms with Gasteiger partial charge in [0, 0.05) is 35.2 Å². The maximum Gasteiger partial charge on any atom is 0.411 e. The summed E-state index contributed by atoms with van der Waals surface area (Å²) in [6.07, 6.45) is 1.84. The van der Waals surface area contributed by atoms with E-state index in [2.05, 4.69) is 15.6 Å². The summed E-state index contributed by atoms with van der Waals surface area (Å²) in [6.45, 7) is 2.43. The van der Waals surface area contributed by atoms with E-state index >= 15 is 0 Å². The second kappa shape index (κ2) is 12.0. The molecule has 1 aromatic heterocycles. The van der Waals surface area contributed by atoms with Crippen LogP contribution in [0.3, 0.4) is 0 Å². The van der Waals surface area contributed by atoms with Gasteiger partial charge in [-0.2, -0.15) is 0 Å². The Morgan fingerprint density at radius 2 is 1.77 bits per heavy atom. The Balaban J connectivity index is 1.40. The summed E-state index contributed by atoms with van der Waals surface area (Å²) in [5.41, 5.74) is 4.26. The van der Waals surface area contributed by atoms with Crippen molar-refractivity contribution in [2.75, 3.05) is 5.32 Å². The molecule has 0 unspecified atom stereocenters. The fraction of sp³-hybridized carbons (Fsp3) is 0.161. The zero-order chi connectivity index (χ0) is 28.1. The fourth-order valence-corrected chi connectivity index (χ4v) is 4.71. The Labute approximate surface area is 236 Å². The van der Waals surface area contributed by atoms with Crippen molar-refractivity contribution >= 4 is 35.2 Å². The number of rotatable bonds is 8. The lowest BCUT2D eigenvalue weighted by Gasteiger charge is -2.24. The van der Waals surface area contributed by atoms with Crippen molar-refractivity contribution in [2.45, 2.75) is 32.2 Å². The quantitative estimate of drug-likeness (QED) is 0.292. The third kappa shape index (κ3) is 6.30. The molecular weight excluding hydrogens is 528 g/mol. The number of aromatic nitrogens is 1. The molecule has 0 saturated carbocycles. The number of hydrogen-bond acceptors (Lipinski definition) is 5. The molecule has 5 rings (SSSR count). The zero-order valence-electron chi connectivity index (χ0n) is 21.7. The average molecular weight is 555 g/mol. The summed E-state index contributed by atoms with van der Waals surface area (Å²) in [4.78, 5) is 45.0. The maximum atomic E-state index is 13.6. The molecule has 2 atom stereocenters. The van der Waals surface area contributed by atoms with Crippen LogP contribution in [-0.2, 0) is 22.6 Å². The molecule has 9 heteroatoms. The third-order valence-electron chi connectivity index (χ3n) is 6.58. The van der Waals surface area contributed by atoms with Crippen molar-refractivity contribution in [3.8, 4) is 0 Å². The molecule has 2 N–H and O–H groups in total. The number of ether oxygens (including phenoxy) is 1. The number of aryl methyl sites for hydroxylation is 1. The van der Waals surface area contributed by atoms with Crippen LogP contribution in [0.4, 0.5) is 10.5 Å². The van der Waals surface area contributed by atoms with Crippen LogP contribution in [0.15, 0.2) is 97.3 Å². The lowest BCUT2D eigenvalue weighted by molar-refractivity contribution is -0.126. The number of cyclic esters (lactones) is 1. The molecule has 2 heterocycles. The van der Waals surface area contributed by atoms with Gasteiger partial charge in [-0.3, -0.25) is 19.5 Å². The van der Waals surface area contributed by atoms with E-state index in [4.69, 9.17) is 16.3 Å². The lowest BCUT2D eigenvalue weighted by atomic mass is 9.99. The number of halogens is 1. The predicted molar refractivity (Wildman–Crippen MR) is 152 cm³/mol. The predicted octanol–water partition coefficient (Wildman–Crippen LogP) is 5.67. The number of carbonyl (C=O) groups is 3. The van der Waals surface area contributed by atoms with Crippen molar-refractivity contribution < 1.29 is 19.1 Å². The van der Waals surface area contributed by atoms with Crippen molar-refractivity contribution in [1.29, 1.82) is 0 Å². The number of nitrogens with one attached hydrogen (secondary N) is 2. The fourth-order valence-electron chi connectivity index (χ4n) is 4.52. The van der Waals surface area contributed by atoms with Crippen LogP contribution >= 0.6 is 11.6 Å². The number of anilines is 1. The van der Waals surface area contributed by atoms with Crippen LogP contribution in [-0.4, -0.2) is 33.8 Å². The number of hydrogen-bond donors (Lipinski definition) is 2. The summed E-state index contributed by atoms with van der Waals surface area (Å²) in [5, 5.41) is 6.22. The largest absolute Gasteiger partial charge is 0.438 e. The molecule has 1 aliphatic rings. The molecule has 0 bridgehead atoms. The first-order valence-electron chi connectivity index (χ1n) is 12.7. The minimum absolute atomic E-state index is 0.200. The van der Waals surface area contributed by atoms with Gasteiger partial charge in [-0.25, -0.2) is 4.79 Å². The Morgan fingerprint density at radius 1 is 0.975 bits per heavy atom. The van der Waals surface area contributed by atoms with Crippen molar-refractivity contribution in [3.05, 3.63) is 130 Å². The van der Waals surface area contributed by atoms with Gasteiger partial charge in [0.1, 0.15) is 0 Å². The number of pyridine rings is 1. The van der Waals surface area contributed by atoms with Gasteiger partial charge < -0.3 is 15.4 Å². The first-order valence-corrected chi connectivity index (χ1v) is 13.1. The van der Waals surface area contributed by atoms with Crippen LogP contribution in [0.5, 0.6) is 0 Å². The highest BCUT2D eigenvalue weighted by atomic mass is 35.5. The monoisotopic (exact) mass is 554 g/mol. The average Bonchev–Trinajstić information content (AvgIpc) is 3.29. The Bertz CT molecular complexity index is 1530. The van der Waals surface area contributed by atoms with E-state index in [1.807, 2.05) is 37.3 Å². The Hall–Kier alpha value is -4.69. The van der Waals surface area contributed by atoms with Gasteiger partial charge in [0.15, 0.2) is 12.1 Å². The topological polar surface area (TPSA) is 101 Å². The summed E-state index contributed by atoms with van der Waals surface area (Å²) < 4.78 is 5.79. The van der Waals surface area contributed by atoms with Gasteiger partial charge in [-0.05, 0) is 60.0 Å². The highest BCUT2D eigenvalue weighted by Crippen LogP contribution is 2.35. The molecule has 1 saturated heterocycles. The van der Waals surface area contributed by atoms with Gasteiger partial charge >= 0.3 is 6.09 Å². The van der Waals surface area contributed by atoms with Crippen molar-refractivity contribution in [1.82, 2.24) is 15.2 Å². The normalized spacial score (nSPS) is 16.4. The molecular formula is C31H27ClN4O4. The summed E-state index contributed by atoms with van der Waals surface area (Å²) >= 11 is 6.03. The number of amides is 3. The molecule has 0 aliphatic carbocycles. The Morgan fingerprint density at radius 3 is 2.52 bits per heavy atom. The first kappa shape index (κ1) is 26.9. The van der Waals surface area contributed by atoms with E-state index in [1.54, 1.807) is 67.0 Å². The van der Waals surface area contributed by atoms with E-state index in [9.17, 15) is 14.4 Å². The molecule has 1 fully saturated rings. The van der Waals surface area contributed by atoms with Gasteiger partial charge in [0.2, 0.25) is 5.91 Å². The van der Waals surface area contributed by atoms with Crippen LogP contribution in [0.25, 0.3) is 0 Å². The molecule has 202 valence electrons. The molecule has 8 nitrogen and oxygen atoms in total. The van der Waals surface area contributed by atoms with Gasteiger partial charge in [0.05, 0.1) is 6.54 Å². The molecule has 3 aromatic carbocycles. The number of carbonyl (C=O) groups excluding carboxylic acids is 3. The number of benzene rings is 3. The molecule has 4 aromatic rings. The van der Waals surface area contributed by atoms with Gasteiger partial charge in [0.25, 0.3) is 5.91 Å². The molecule has 3 amide bonds. The SMILES string of the molecule is Cc1ccc(CN2C(=O)O[C@@H](c3cccc(NC(=O)c4cccc(Cl)c4)c3)[C@H]2C(=O)NCc2cccnc2)cc1. The lowest BCUT2D eigenvalue weighted by Crippen LogP contribution is -2.46. The number of nitrogens with zero attached hydrogens (tertiary/aromatic N) is 2. The van der Waals surface area contributed by atoms with E-state index in [-0.39, 0.29) is 24.9 Å². The summed E-state index contributed by atoms with van der Waals surface area (Å²) in [7, 11) is 0. The molecule has 0 radical (unpaired) electrons. The van der Waals surface area contributed by atoms with Crippen molar-refractivity contribution in [2.24, 2.45) is 0 Å². The zero-order valence-corrected chi connectivity index (χ0v) is 22.5. The van der Waals surface area contributed by atoms with E-state index in [0.717, 1.165) is 16.7 Å². The van der Waals surface area contributed by atoms with Crippen LogP contribution in [0.2, 0.25) is 5.02 Å². The summed E-state index contributed by atoms with van der Waals surface area (Å²) in [6, 6.07) is 24.0. The molecule has 40 heavy (non-hydrogen) atoms. The molecule has 1 aliphatic heterocycles. The van der Waals surface area contributed by atoms with Crippen LogP contribution in [0.1, 0.15) is 38.7 Å². The minimum atomic E-state index is -0.940. The highest BCUT2D eigenvalue weighted by molar-refractivity contribution is 6.31. The third-order valence-corrected chi connectivity index (χ3v) is 6.81. The minimum Gasteiger partial charge on any atom is -0.438 e. The second-order valence-corrected chi connectivity index (χ2v) is 9.97. The second-order valence-electron chi connectivity index (χ2n) is 9.53. The van der Waals surface area contributed by atoms with E-state index in [0.29, 0.717) is 21.8 Å². The Kier molecular flexibility index (Phi) is 8.07. The highest BCUT2D eigenvalue weighted by Gasteiger charge is 2.47. The smallest absolute Gasteiger partial charge is 0.411 e. The van der Waals surface area contributed by atoms with E-state index in [1.165, 1.54) is 4.90 Å².